The maximum Gasteiger partial charge on any atom is 0.417 e. The number of thiocarbonyl (C=S) groups is 1. The van der Waals surface area contributed by atoms with Gasteiger partial charge in [-0.05, 0) is 96.9 Å². The summed E-state index contributed by atoms with van der Waals surface area (Å²) in [7, 11) is 0. The number of alkyl halides is 3. The number of carbonyl (C=O) groups excluding carboxylic acids is 1. The average molecular weight is 553 g/mol. The maximum absolute atomic E-state index is 13.5. The van der Waals surface area contributed by atoms with Crippen molar-refractivity contribution in [2.24, 2.45) is 0 Å². The summed E-state index contributed by atoms with van der Waals surface area (Å²) in [6.07, 6.45) is 3.63. The molecule has 1 N–H and O–H groups in total. The fourth-order valence-corrected chi connectivity index (χ4v) is 6.14. The Balaban J connectivity index is 1.49. The Morgan fingerprint density at radius 3 is 2.29 bits per heavy atom. The lowest BCUT2D eigenvalue weighted by Crippen LogP contribution is -2.45. The number of halogens is 3. The number of unbranched alkanes of at least 4 members (excludes halogenated alkanes) is 5. The molecule has 0 bridgehead atoms. The summed E-state index contributed by atoms with van der Waals surface area (Å²) in [6.45, 7) is 9.84. The Morgan fingerprint density at radius 2 is 1.71 bits per heavy atom. The van der Waals surface area contributed by atoms with Gasteiger partial charge in [0.1, 0.15) is 5.54 Å². The summed E-state index contributed by atoms with van der Waals surface area (Å²) in [4.78, 5) is 18.6. The zero-order valence-electron chi connectivity index (χ0n) is 22.8. The number of hydrogen-bond donors (Lipinski definition) is 1. The number of hydrogen-bond acceptors (Lipinski definition) is 5. The van der Waals surface area contributed by atoms with E-state index in [-0.39, 0.29) is 22.7 Å². The molecule has 1 aromatic rings. The lowest BCUT2D eigenvalue weighted by molar-refractivity contribution is -0.137. The lowest BCUT2D eigenvalue weighted by Gasteiger charge is -2.33. The molecule has 0 unspecified atom stereocenters. The first-order valence-corrected chi connectivity index (χ1v) is 13.8. The third-order valence-corrected chi connectivity index (χ3v) is 8.17. The summed E-state index contributed by atoms with van der Waals surface area (Å²) in [6, 6.07) is 5.05. The first-order valence-electron chi connectivity index (χ1n) is 13.4. The van der Waals surface area contributed by atoms with Gasteiger partial charge in [0.05, 0.1) is 28.5 Å². The minimum atomic E-state index is -4.72. The zero-order valence-corrected chi connectivity index (χ0v) is 23.6. The van der Waals surface area contributed by atoms with E-state index in [1.165, 1.54) is 6.07 Å². The molecule has 10 heteroatoms. The molecule has 1 amide bonds. The second-order valence-electron chi connectivity index (χ2n) is 11.4. The maximum atomic E-state index is 13.5. The number of anilines is 1. The van der Waals surface area contributed by atoms with Crippen molar-refractivity contribution in [3.05, 3.63) is 29.3 Å². The molecule has 2 aliphatic heterocycles. The molecular weight excluding hydrogens is 513 g/mol. The normalized spacial score (nSPS) is 20.4. The van der Waals surface area contributed by atoms with Gasteiger partial charge < -0.3 is 10.0 Å². The van der Waals surface area contributed by atoms with E-state index < -0.39 is 28.4 Å². The van der Waals surface area contributed by atoms with Crippen LogP contribution in [0.1, 0.15) is 90.2 Å². The van der Waals surface area contributed by atoms with Crippen LogP contribution in [0.4, 0.5) is 18.9 Å². The molecule has 2 fully saturated rings. The van der Waals surface area contributed by atoms with Crippen LogP contribution in [0.15, 0.2) is 18.2 Å². The Kier molecular flexibility index (Phi) is 9.49. The van der Waals surface area contributed by atoms with E-state index in [1.54, 1.807) is 24.8 Å². The zero-order chi connectivity index (χ0) is 28.3. The van der Waals surface area contributed by atoms with Crippen LogP contribution in [-0.2, 0) is 11.0 Å². The number of aliphatic hydroxyl groups is 1. The van der Waals surface area contributed by atoms with E-state index in [4.69, 9.17) is 17.5 Å². The van der Waals surface area contributed by atoms with Gasteiger partial charge in [0.15, 0.2) is 5.11 Å². The van der Waals surface area contributed by atoms with Crippen molar-refractivity contribution in [3.63, 3.8) is 0 Å². The van der Waals surface area contributed by atoms with Gasteiger partial charge in [-0.1, -0.05) is 25.7 Å². The van der Waals surface area contributed by atoms with Gasteiger partial charge >= 0.3 is 6.18 Å². The summed E-state index contributed by atoms with van der Waals surface area (Å²) in [5, 5.41) is 19.6. The van der Waals surface area contributed by atoms with Gasteiger partial charge in [0, 0.05) is 12.6 Å². The number of rotatable bonds is 11. The van der Waals surface area contributed by atoms with Crippen molar-refractivity contribution < 1.29 is 23.1 Å². The van der Waals surface area contributed by atoms with Crippen LogP contribution >= 0.6 is 12.2 Å². The smallest absolute Gasteiger partial charge is 0.389 e. The monoisotopic (exact) mass is 552 g/mol. The first kappa shape index (κ1) is 30.3. The van der Waals surface area contributed by atoms with Crippen LogP contribution in [0.3, 0.4) is 0 Å². The highest BCUT2D eigenvalue weighted by molar-refractivity contribution is 7.80. The van der Waals surface area contributed by atoms with Crippen molar-refractivity contribution in [1.82, 2.24) is 9.80 Å². The SMILES string of the molecule is CC(C)(O)[C@H]1CCCN1CCCCCCCCN1C(=S)N(c2ccc(C#N)c(C(F)(F)F)c2)C(=O)C1(C)C. The molecule has 6 nitrogen and oxygen atoms in total. The summed E-state index contributed by atoms with van der Waals surface area (Å²) >= 11 is 5.55. The molecule has 2 heterocycles. The Bertz CT molecular complexity index is 1060. The molecule has 0 saturated carbocycles. The number of nitrogens with zero attached hydrogens (tertiary/aromatic N) is 4. The predicted octanol–water partition coefficient (Wildman–Crippen LogP) is 5.87. The third kappa shape index (κ3) is 6.67. The molecule has 210 valence electrons. The standard InChI is InChI=1S/C28H39F3N4O2S/c1-26(2)24(36)35(21-14-13-20(19-32)22(18-21)28(29,30)31)25(38)34(26)17-10-8-6-5-7-9-15-33-16-11-12-23(33)27(3,4)37/h13-14,18,23,37H,5-12,15-17H2,1-4H3/t23-/m1/s1. The molecule has 2 saturated heterocycles. The predicted molar refractivity (Wildman–Crippen MR) is 146 cm³/mol. The van der Waals surface area contributed by atoms with Gasteiger partial charge in [0.2, 0.25) is 0 Å². The molecule has 0 radical (unpaired) electrons. The minimum Gasteiger partial charge on any atom is -0.389 e. The van der Waals surface area contributed by atoms with Crippen molar-refractivity contribution in [1.29, 1.82) is 5.26 Å². The molecule has 38 heavy (non-hydrogen) atoms. The second kappa shape index (κ2) is 11.9. The molecule has 1 aromatic carbocycles. The van der Waals surface area contributed by atoms with E-state index in [2.05, 4.69) is 4.90 Å². The molecule has 0 aromatic heterocycles. The highest BCUT2D eigenvalue weighted by Gasteiger charge is 2.49. The van der Waals surface area contributed by atoms with Crippen LogP contribution in [0.2, 0.25) is 0 Å². The quantitative estimate of drug-likeness (QED) is 0.274. The van der Waals surface area contributed by atoms with Crippen LogP contribution in [0.5, 0.6) is 0 Å². The van der Waals surface area contributed by atoms with Gasteiger partial charge in [-0.2, -0.15) is 18.4 Å². The Morgan fingerprint density at radius 1 is 1.11 bits per heavy atom. The Labute approximate surface area is 229 Å². The number of benzene rings is 1. The summed E-state index contributed by atoms with van der Waals surface area (Å²) < 4.78 is 40.4. The molecule has 2 aliphatic rings. The van der Waals surface area contributed by atoms with Crippen molar-refractivity contribution in [2.75, 3.05) is 24.5 Å². The average Bonchev–Trinajstić information content (AvgIpc) is 3.37. The molecular formula is C28H39F3N4O2S. The van der Waals surface area contributed by atoms with Crippen molar-refractivity contribution in [2.45, 2.75) is 102 Å². The first-order chi connectivity index (χ1) is 17.7. The highest BCUT2D eigenvalue weighted by atomic mass is 32.1. The van der Waals surface area contributed by atoms with E-state index >= 15 is 0 Å². The molecule has 0 aliphatic carbocycles. The van der Waals surface area contributed by atoms with E-state index in [0.29, 0.717) is 6.54 Å². The number of nitriles is 1. The van der Waals surface area contributed by atoms with Crippen LogP contribution in [0, 0.1) is 11.3 Å². The van der Waals surface area contributed by atoms with E-state index in [1.807, 2.05) is 13.8 Å². The van der Waals surface area contributed by atoms with Crippen molar-refractivity contribution >= 4 is 28.9 Å². The number of amides is 1. The molecule has 3 rings (SSSR count). The lowest BCUT2D eigenvalue weighted by atomic mass is 9.96. The topological polar surface area (TPSA) is 70.8 Å². The number of likely N-dealkylation sites (tertiary alicyclic amines) is 1. The highest BCUT2D eigenvalue weighted by Crippen LogP contribution is 2.38. The van der Waals surface area contributed by atoms with Crippen molar-refractivity contribution in [3.8, 4) is 6.07 Å². The second-order valence-corrected chi connectivity index (χ2v) is 11.8. The van der Waals surface area contributed by atoms with Gasteiger partial charge in [-0.15, -0.1) is 0 Å². The largest absolute Gasteiger partial charge is 0.417 e. The summed E-state index contributed by atoms with van der Waals surface area (Å²) in [5.41, 5.74) is -3.20. The minimum absolute atomic E-state index is 0.0201. The number of carbonyl (C=O) groups is 1. The Hall–Kier alpha value is -2.22. The van der Waals surface area contributed by atoms with Gasteiger partial charge in [-0.25, -0.2) is 0 Å². The van der Waals surface area contributed by atoms with Crippen LogP contribution < -0.4 is 4.90 Å². The molecule has 1 atom stereocenters. The van der Waals surface area contributed by atoms with E-state index in [0.717, 1.165) is 81.5 Å². The molecule has 0 spiro atoms. The third-order valence-electron chi connectivity index (χ3n) is 7.77. The van der Waals surface area contributed by atoms with Crippen LogP contribution in [-0.4, -0.2) is 62.7 Å². The fraction of sp³-hybridized carbons (Fsp3) is 0.679. The summed E-state index contributed by atoms with van der Waals surface area (Å²) in [5.74, 6) is -0.383. The fourth-order valence-electron chi connectivity index (χ4n) is 5.63. The van der Waals surface area contributed by atoms with Gasteiger partial charge in [0.25, 0.3) is 5.91 Å². The van der Waals surface area contributed by atoms with Crippen LogP contribution in [0.25, 0.3) is 0 Å². The van der Waals surface area contributed by atoms with E-state index in [9.17, 15) is 23.1 Å². The van der Waals surface area contributed by atoms with Gasteiger partial charge in [-0.3, -0.25) is 14.6 Å².